The highest BCUT2D eigenvalue weighted by molar-refractivity contribution is 7.89. The molecular weight excluding hydrogens is 278 g/mol. The summed E-state index contributed by atoms with van der Waals surface area (Å²) in [6.45, 7) is 3.81. The Kier molecular flexibility index (Phi) is 5.67. The van der Waals surface area contributed by atoms with Crippen LogP contribution in [0.4, 0.5) is 0 Å². The zero-order chi connectivity index (χ0) is 15.3. The second-order valence-electron chi connectivity index (χ2n) is 4.65. The van der Waals surface area contributed by atoms with Crippen LogP contribution in [0, 0.1) is 5.92 Å². The molecule has 4 N–H and O–H groups in total. The summed E-state index contributed by atoms with van der Waals surface area (Å²) in [5.74, 6) is -0.427. The van der Waals surface area contributed by atoms with Gasteiger partial charge in [0.15, 0.2) is 0 Å². The van der Waals surface area contributed by atoms with Crippen molar-refractivity contribution in [3.8, 4) is 0 Å². The van der Waals surface area contributed by atoms with Crippen LogP contribution in [0.15, 0.2) is 29.2 Å². The molecule has 112 valence electrons. The Hall–Kier alpha value is -1.44. The Morgan fingerprint density at radius 2 is 2.00 bits per heavy atom. The van der Waals surface area contributed by atoms with Gasteiger partial charge in [0, 0.05) is 12.5 Å². The Balaban J connectivity index is 2.93. The Bertz CT molecular complexity index is 572. The number of rotatable bonds is 6. The molecule has 20 heavy (non-hydrogen) atoms. The minimum absolute atomic E-state index is 0.151. The highest BCUT2D eigenvalue weighted by Crippen LogP contribution is 2.17. The Labute approximate surface area is 119 Å². The van der Waals surface area contributed by atoms with Gasteiger partial charge in [0.25, 0.3) is 0 Å². The van der Waals surface area contributed by atoms with Gasteiger partial charge in [-0.3, -0.25) is 4.79 Å². The summed E-state index contributed by atoms with van der Waals surface area (Å²) in [5.41, 5.74) is 6.16. The van der Waals surface area contributed by atoms with E-state index in [0.29, 0.717) is 0 Å². The fourth-order valence-corrected chi connectivity index (χ4v) is 2.40. The van der Waals surface area contributed by atoms with E-state index in [9.17, 15) is 13.2 Å². The molecule has 0 heterocycles. The molecule has 0 radical (unpaired) electrons. The van der Waals surface area contributed by atoms with Crippen molar-refractivity contribution in [2.45, 2.75) is 24.8 Å². The first kappa shape index (κ1) is 16.6. The number of nitrogens with two attached hydrogens (primary N) is 1. The third-order valence-electron chi connectivity index (χ3n) is 3.10. The van der Waals surface area contributed by atoms with Crippen molar-refractivity contribution in [1.82, 2.24) is 10.0 Å². The predicted molar refractivity (Wildman–Crippen MR) is 77.5 cm³/mol. The van der Waals surface area contributed by atoms with Crippen molar-refractivity contribution in [1.29, 1.82) is 0 Å². The van der Waals surface area contributed by atoms with Gasteiger partial charge in [-0.2, -0.15) is 0 Å². The summed E-state index contributed by atoms with van der Waals surface area (Å²) in [7, 11) is -2.13. The van der Waals surface area contributed by atoms with E-state index in [0.717, 1.165) is 5.56 Å². The number of carbonyl (C=O) groups is 1. The normalized spacial score (nSPS) is 14.6. The summed E-state index contributed by atoms with van der Waals surface area (Å²) in [5, 5.41) is 2.81. The maximum Gasteiger partial charge on any atom is 0.240 e. The van der Waals surface area contributed by atoms with Gasteiger partial charge in [0.05, 0.1) is 10.9 Å². The molecule has 0 fully saturated rings. The molecule has 0 bridgehead atoms. The van der Waals surface area contributed by atoms with Crippen molar-refractivity contribution in [2.75, 3.05) is 13.6 Å². The molecule has 1 amide bonds. The molecule has 2 unspecified atom stereocenters. The van der Waals surface area contributed by atoms with Crippen molar-refractivity contribution >= 4 is 15.9 Å². The smallest absolute Gasteiger partial charge is 0.240 e. The fraction of sp³-hybridized carbons (Fsp3) is 0.462. The fourth-order valence-electron chi connectivity index (χ4n) is 1.61. The third kappa shape index (κ3) is 4.03. The van der Waals surface area contributed by atoms with Gasteiger partial charge in [0.1, 0.15) is 0 Å². The molecular formula is C13H21N3O3S. The van der Waals surface area contributed by atoms with Crippen LogP contribution in [0.2, 0.25) is 0 Å². The van der Waals surface area contributed by atoms with Gasteiger partial charge in [-0.1, -0.05) is 19.1 Å². The van der Waals surface area contributed by atoms with E-state index in [-0.39, 0.29) is 29.3 Å². The molecule has 0 aliphatic rings. The SMILES string of the molecule is CNS(=O)(=O)c1cccc(C(C)NC(=O)C(C)CN)c1. The number of nitrogens with one attached hydrogen (secondary N) is 2. The standard InChI is InChI=1S/C13H21N3O3S/c1-9(8-14)13(17)16-10(2)11-5-4-6-12(7-11)20(18,19)15-3/h4-7,9-10,15H,8,14H2,1-3H3,(H,16,17). The van der Waals surface area contributed by atoms with Gasteiger partial charge in [-0.15, -0.1) is 0 Å². The molecule has 1 aromatic carbocycles. The predicted octanol–water partition coefficient (Wildman–Crippen LogP) is 0.367. The van der Waals surface area contributed by atoms with E-state index in [1.165, 1.54) is 13.1 Å². The number of hydrogen-bond donors (Lipinski definition) is 3. The van der Waals surface area contributed by atoms with Gasteiger partial charge in [0.2, 0.25) is 15.9 Å². The van der Waals surface area contributed by atoms with E-state index in [2.05, 4.69) is 10.0 Å². The zero-order valence-corrected chi connectivity index (χ0v) is 12.7. The van der Waals surface area contributed by atoms with Gasteiger partial charge >= 0.3 is 0 Å². The van der Waals surface area contributed by atoms with Crippen LogP contribution in [0.1, 0.15) is 25.5 Å². The number of amides is 1. The Morgan fingerprint density at radius 3 is 2.55 bits per heavy atom. The molecule has 0 saturated carbocycles. The van der Waals surface area contributed by atoms with Crippen molar-refractivity contribution in [3.05, 3.63) is 29.8 Å². The van der Waals surface area contributed by atoms with Crippen LogP contribution >= 0.6 is 0 Å². The summed E-state index contributed by atoms with van der Waals surface area (Å²) in [6.07, 6.45) is 0. The summed E-state index contributed by atoms with van der Waals surface area (Å²) >= 11 is 0. The Morgan fingerprint density at radius 1 is 1.35 bits per heavy atom. The second-order valence-corrected chi connectivity index (χ2v) is 6.53. The van der Waals surface area contributed by atoms with Crippen LogP contribution in [0.3, 0.4) is 0 Å². The average molecular weight is 299 g/mol. The first-order valence-corrected chi connectivity index (χ1v) is 7.84. The topological polar surface area (TPSA) is 101 Å². The van der Waals surface area contributed by atoms with E-state index >= 15 is 0 Å². The number of sulfonamides is 1. The van der Waals surface area contributed by atoms with Crippen LogP contribution in [0.5, 0.6) is 0 Å². The van der Waals surface area contributed by atoms with Crippen LogP contribution in [0.25, 0.3) is 0 Å². The largest absolute Gasteiger partial charge is 0.349 e. The van der Waals surface area contributed by atoms with E-state index in [1.54, 1.807) is 32.0 Å². The zero-order valence-electron chi connectivity index (χ0n) is 11.9. The molecule has 0 aliphatic carbocycles. The highest BCUT2D eigenvalue weighted by atomic mass is 32.2. The molecule has 0 aliphatic heterocycles. The average Bonchev–Trinajstić information content (AvgIpc) is 2.46. The highest BCUT2D eigenvalue weighted by Gasteiger charge is 2.17. The monoisotopic (exact) mass is 299 g/mol. The van der Waals surface area contributed by atoms with E-state index in [1.807, 2.05) is 0 Å². The summed E-state index contributed by atoms with van der Waals surface area (Å²) in [4.78, 5) is 11.9. The van der Waals surface area contributed by atoms with Gasteiger partial charge < -0.3 is 11.1 Å². The third-order valence-corrected chi connectivity index (χ3v) is 4.51. The van der Waals surface area contributed by atoms with E-state index in [4.69, 9.17) is 5.73 Å². The maximum atomic E-state index is 11.8. The quantitative estimate of drug-likeness (QED) is 0.706. The molecule has 1 rings (SSSR count). The van der Waals surface area contributed by atoms with Crippen molar-refractivity contribution in [2.24, 2.45) is 11.7 Å². The lowest BCUT2D eigenvalue weighted by Gasteiger charge is -2.17. The summed E-state index contributed by atoms with van der Waals surface area (Å²) < 4.78 is 25.7. The maximum absolute atomic E-state index is 11.8. The van der Waals surface area contributed by atoms with Crippen LogP contribution in [-0.2, 0) is 14.8 Å². The first-order chi connectivity index (χ1) is 9.31. The molecule has 6 nitrogen and oxygen atoms in total. The summed E-state index contributed by atoms with van der Waals surface area (Å²) in [6, 6.07) is 6.18. The van der Waals surface area contributed by atoms with Crippen LogP contribution in [-0.4, -0.2) is 27.9 Å². The lowest BCUT2D eigenvalue weighted by molar-refractivity contribution is -0.124. The molecule has 0 spiro atoms. The second kappa shape index (κ2) is 6.83. The number of carbonyl (C=O) groups excluding carboxylic acids is 1. The minimum Gasteiger partial charge on any atom is -0.349 e. The lowest BCUT2D eigenvalue weighted by Crippen LogP contribution is -2.35. The molecule has 7 heteroatoms. The van der Waals surface area contributed by atoms with Gasteiger partial charge in [-0.25, -0.2) is 13.1 Å². The molecule has 1 aromatic rings. The number of benzene rings is 1. The van der Waals surface area contributed by atoms with Crippen molar-refractivity contribution in [3.63, 3.8) is 0 Å². The van der Waals surface area contributed by atoms with E-state index < -0.39 is 10.0 Å². The molecule has 2 atom stereocenters. The molecule has 0 aromatic heterocycles. The lowest BCUT2D eigenvalue weighted by atomic mass is 10.1. The minimum atomic E-state index is -3.49. The first-order valence-electron chi connectivity index (χ1n) is 6.35. The van der Waals surface area contributed by atoms with Crippen molar-refractivity contribution < 1.29 is 13.2 Å². The number of hydrogen-bond acceptors (Lipinski definition) is 4. The van der Waals surface area contributed by atoms with Gasteiger partial charge in [-0.05, 0) is 31.7 Å². The van der Waals surface area contributed by atoms with Crippen LogP contribution < -0.4 is 15.8 Å². The molecule has 0 saturated heterocycles.